The number of carbonyl (C=O) groups is 1. The third-order valence-electron chi connectivity index (χ3n) is 3.39. The van der Waals surface area contributed by atoms with Crippen molar-refractivity contribution in [3.8, 4) is 0 Å². The van der Waals surface area contributed by atoms with Gasteiger partial charge in [-0.25, -0.2) is 0 Å². The first-order valence-corrected chi connectivity index (χ1v) is 7.22. The number of nitrogens with zero attached hydrogens (tertiary/aromatic N) is 2. The molecule has 1 amide bonds. The van der Waals surface area contributed by atoms with Crippen molar-refractivity contribution in [1.29, 1.82) is 0 Å². The number of aromatic nitrogens is 1. The Kier molecular flexibility index (Phi) is 4.93. The van der Waals surface area contributed by atoms with E-state index in [1.165, 1.54) is 0 Å². The van der Waals surface area contributed by atoms with Gasteiger partial charge in [0.25, 0.3) is 5.91 Å². The molecule has 0 atom stereocenters. The molecule has 1 heterocycles. The van der Waals surface area contributed by atoms with Crippen molar-refractivity contribution in [2.75, 3.05) is 23.3 Å². The number of anilines is 2. The Hall–Kier alpha value is -2.36. The summed E-state index contributed by atoms with van der Waals surface area (Å²) in [5.74, 6) is -0.137. The van der Waals surface area contributed by atoms with Crippen LogP contribution in [-0.2, 0) is 0 Å². The normalized spacial score (nSPS) is 10.2. The number of pyridine rings is 1. The zero-order valence-corrected chi connectivity index (χ0v) is 12.8. The number of benzene rings is 1. The second-order valence-corrected chi connectivity index (χ2v) is 4.93. The lowest BCUT2D eigenvalue weighted by Crippen LogP contribution is -2.22. The van der Waals surface area contributed by atoms with Crippen LogP contribution >= 0.6 is 0 Å². The van der Waals surface area contributed by atoms with Gasteiger partial charge in [-0.1, -0.05) is 12.1 Å². The van der Waals surface area contributed by atoms with E-state index in [4.69, 9.17) is 0 Å². The summed E-state index contributed by atoms with van der Waals surface area (Å²) in [5.41, 5.74) is 3.45. The van der Waals surface area contributed by atoms with Crippen molar-refractivity contribution in [3.05, 3.63) is 53.9 Å². The van der Waals surface area contributed by atoms with E-state index in [1.54, 1.807) is 12.4 Å². The van der Waals surface area contributed by atoms with Crippen LogP contribution in [0, 0.1) is 6.92 Å². The molecule has 21 heavy (non-hydrogen) atoms. The molecule has 4 heteroatoms. The van der Waals surface area contributed by atoms with Gasteiger partial charge in [-0.15, -0.1) is 0 Å². The zero-order chi connectivity index (χ0) is 15.2. The fourth-order valence-corrected chi connectivity index (χ4v) is 2.24. The zero-order valence-electron chi connectivity index (χ0n) is 12.8. The van der Waals surface area contributed by atoms with Crippen LogP contribution < -0.4 is 10.2 Å². The molecular formula is C17H21N3O. The van der Waals surface area contributed by atoms with Gasteiger partial charge in [-0.2, -0.15) is 0 Å². The summed E-state index contributed by atoms with van der Waals surface area (Å²) in [6, 6.07) is 9.63. The van der Waals surface area contributed by atoms with Crippen molar-refractivity contribution < 1.29 is 4.79 Å². The maximum absolute atomic E-state index is 12.3. The van der Waals surface area contributed by atoms with Crippen molar-refractivity contribution in [1.82, 2.24) is 4.98 Å². The Bertz CT molecular complexity index is 621. The van der Waals surface area contributed by atoms with Crippen LogP contribution in [0.3, 0.4) is 0 Å². The lowest BCUT2D eigenvalue weighted by molar-refractivity contribution is 0.102. The first-order chi connectivity index (χ1) is 10.1. The van der Waals surface area contributed by atoms with Crippen molar-refractivity contribution in [2.45, 2.75) is 20.8 Å². The molecule has 1 aromatic carbocycles. The smallest absolute Gasteiger partial charge is 0.257 e. The molecule has 0 saturated heterocycles. The third kappa shape index (κ3) is 3.81. The van der Waals surface area contributed by atoms with E-state index in [1.807, 2.05) is 37.3 Å². The monoisotopic (exact) mass is 283 g/mol. The van der Waals surface area contributed by atoms with Gasteiger partial charge < -0.3 is 10.2 Å². The van der Waals surface area contributed by atoms with Gasteiger partial charge in [0.05, 0.1) is 17.4 Å². The number of rotatable bonds is 5. The molecular weight excluding hydrogens is 262 g/mol. The summed E-state index contributed by atoms with van der Waals surface area (Å²) >= 11 is 0. The van der Waals surface area contributed by atoms with Gasteiger partial charge in [0.15, 0.2) is 0 Å². The van der Waals surface area contributed by atoms with Crippen LogP contribution in [-0.4, -0.2) is 24.0 Å². The van der Waals surface area contributed by atoms with Crippen LogP contribution in [0.15, 0.2) is 42.7 Å². The largest absolute Gasteiger partial charge is 0.371 e. The van der Waals surface area contributed by atoms with E-state index in [9.17, 15) is 4.79 Å². The van der Waals surface area contributed by atoms with E-state index in [2.05, 4.69) is 29.0 Å². The van der Waals surface area contributed by atoms with Crippen LogP contribution in [0.4, 0.5) is 11.4 Å². The van der Waals surface area contributed by atoms with E-state index < -0.39 is 0 Å². The summed E-state index contributed by atoms with van der Waals surface area (Å²) in [6.45, 7) is 7.95. The van der Waals surface area contributed by atoms with Gasteiger partial charge in [0.1, 0.15) is 0 Å². The van der Waals surface area contributed by atoms with Crippen LogP contribution in [0.2, 0.25) is 0 Å². The Morgan fingerprint density at radius 2 is 1.95 bits per heavy atom. The molecule has 0 saturated carbocycles. The molecule has 0 bridgehead atoms. The molecule has 0 unspecified atom stereocenters. The predicted molar refractivity (Wildman–Crippen MR) is 86.9 cm³/mol. The maximum atomic E-state index is 12.3. The highest BCUT2D eigenvalue weighted by molar-refractivity contribution is 6.04. The van der Waals surface area contributed by atoms with E-state index in [0.29, 0.717) is 5.56 Å². The summed E-state index contributed by atoms with van der Waals surface area (Å²) in [5, 5.41) is 2.90. The topological polar surface area (TPSA) is 45.2 Å². The second kappa shape index (κ2) is 6.88. The molecule has 0 aliphatic heterocycles. The molecule has 110 valence electrons. The van der Waals surface area contributed by atoms with E-state index in [0.717, 1.165) is 30.0 Å². The summed E-state index contributed by atoms with van der Waals surface area (Å²) in [6.07, 6.45) is 3.38. The number of hydrogen-bond acceptors (Lipinski definition) is 3. The van der Waals surface area contributed by atoms with Crippen molar-refractivity contribution in [3.63, 3.8) is 0 Å². The lowest BCUT2D eigenvalue weighted by atomic mass is 10.2. The Morgan fingerprint density at radius 1 is 1.19 bits per heavy atom. The van der Waals surface area contributed by atoms with Gasteiger partial charge in [0, 0.05) is 25.0 Å². The first-order valence-electron chi connectivity index (χ1n) is 7.22. The molecule has 2 aromatic rings. The Balaban J connectivity index is 2.18. The van der Waals surface area contributed by atoms with Gasteiger partial charge in [-0.05, 0) is 44.5 Å². The molecule has 4 nitrogen and oxygen atoms in total. The Morgan fingerprint density at radius 3 is 2.62 bits per heavy atom. The summed E-state index contributed by atoms with van der Waals surface area (Å²) in [7, 11) is 0. The lowest BCUT2D eigenvalue weighted by Gasteiger charge is -2.20. The van der Waals surface area contributed by atoms with Crippen LogP contribution in [0.5, 0.6) is 0 Å². The molecule has 0 aliphatic carbocycles. The first kappa shape index (κ1) is 15.0. The number of carbonyl (C=O) groups excluding carboxylic acids is 1. The van der Waals surface area contributed by atoms with E-state index in [-0.39, 0.29) is 5.91 Å². The number of aryl methyl sites for hydroxylation is 1. The molecule has 1 N–H and O–H groups in total. The molecule has 2 rings (SSSR count). The predicted octanol–water partition coefficient (Wildman–Crippen LogP) is 3.49. The van der Waals surface area contributed by atoms with Crippen molar-refractivity contribution in [2.24, 2.45) is 0 Å². The summed E-state index contributed by atoms with van der Waals surface area (Å²) in [4.78, 5) is 18.6. The highest BCUT2D eigenvalue weighted by Crippen LogP contribution is 2.16. The molecule has 0 fully saturated rings. The average molecular weight is 283 g/mol. The van der Waals surface area contributed by atoms with Gasteiger partial charge >= 0.3 is 0 Å². The minimum atomic E-state index is -0.137. The minimum Gasteiger partial charge on any atom is -0.371 e. The SMILES string of the molecule is CCN(CC)c1cncc(C(=O)Nc2cccc(C)c2)c1. The van der Waals surface area contributed by atoms with Gasteiger partial charge in [-0.3, -0.25) is 9.78 Å². The maximum Gasteiger partial charge on any atom is 0.257 e. The molecule has 1 aromatic heterocycles. The average Bonchev–Trinajstić information content (AvgIpc) is 2.49. The van der Waals surface area contributed by atoms with Crippen LogP contribution in [0.1, 0.15) is 29.8 Å². The second-order valence-electron chi connectivity index (χ2n) is 4.93. The quantitative estimate of drug-likeness (QED) is 0.913. The summed E-state index contributed by atoms with van der Waals surface area (Å²) < 4.78 is 0. The number of amides is 1. The number of nitrogens with one attached hydrogen (secondary N) is 1. The Labute approximate surface area is 125 Å². The highest BCUT2D eigenvalue weighted by atomic mass is 16.1. The van der Waals surface area contributed by atoms with Gasteiger partial charge in [0.2, 0.25) is 0 Å². The third-order valence-corrected chi connectivity index (χ3v) is 3.39. The molecule has 0 aliphatic rings. The van der Waals surface area contributed by atoms with Crippen LogP contribution in [0.25, 0.3) is 0 Å². The number of hydrogen-bond donors (Lipinski definition) is 1. The standard InChI is InChI=1S/C17H21N3O/c1-4-20(5-2)16-10-14(11-18-12-16)17(21)19-15-8-6-7-13(3)9-15/h6-12H,4-5H2,1-3H3,(H,19,21). The fourth-order valence-electron chi connectivity index (χ4n) is 2.24. The molecule has 0 radical (unpaired) electrons. The molecule has 0 spiro atoms. The minimum absolute atomic E-state index is 0.137. The highest BCUT2D eigenvalue weighted by Gasteiger charge is 2.10. The van der Waals surface area contributed by atoms with E-state index >= 15 is 0 Å². The fraction of sp³-hybridized carbons (Fsp3) is 0.294. The van der Waals surface area contributed by atoms with Crippen molar-refractivity contribution >= 4 is 17.3 Å².